The van der Waals surface area contributed by atoms with Gasteiger partial charge in [-0.25, -0.2) is 8.42 Å². The van der Waals surface area contributed by atoms with Crippen LogP contribution in [-0.4, -0.2) is 26.1 Å². The molecule has 1 unspecified atom stereocenters. The van der Waals surface area contributed by atoms with Crippen LogP contribution in [0.15, 0.2) is 53.9 Å². The van der Waals surface area contributed by atoms with Gasteiger partial charge in [0, 0.05) is 21.7 Å². The number of amides is 1. The summed E-state index contributed by atoms with van der Waals surface area (Å²) in [6.45, 7) is 8.21. The van der Waals surface area contributed by atoms with Crippen molar-refractivity contribution in [1.29, 1.82) is 0 Å². The molecule has 148 valence electrons. The van der Waals surface area contributed by atoms with Crippen LogP contribution in [0.1, 0.15) is 42.3 Å². The van der Waals surface area contributed by atoms with E-state index in [1.807, 2.05) is 25.1 Å². The van der Waals surface area contributed by atoms with Gasteiger partial charge in [-0.2, -0.15) is 0 Å². The Hall–Kier alpha value is -2.11. The molecule has 0 aromatic heterocycles. The van der Waals surface area contributed by atoms with Gasteiger partial charge in [-0.15, -0.1) is 0 Å². The molecule has 3 rings (SSSR count). The van der Waals surface area contributed by atoms with Gasteiger partial charge in [0.15, 0.2) is 9.84 Å². The summed E-state index contributed by atoms with van der Waals surface area (Å²) in [5, 5.41) is 1.71. The third-order valence-corrected chi connectivity index (χ3v) is 6.68. The van der Waals surface area contributed by atoms with Crippen molar-refractivity contribution < 1.29 is 13.2 Å². The van der Waals surface area contributed by atoms with Gasteiger partial charge in [-0.3, -0.25) is 4.79 Å². The largest absolute Gasteiger partial charge is 0.300 e. The Bertz CT molecular complexity index is 1030. The molecule has 1 heterocycles. The molecule has 0 N–H and O–H groups in total. The molecule has 0 aliphatic carbocycles. The molecule has 4 nitrogen and oxygen atoms in total. The highest BCUT2D eigenvalue weighted by Crippen LogP contribution is 2.29. The molecular formula is C22H24ClNO3S. The lowest BCUT2D eigenvalue weighted by atomic mass is 9.86. The lowest BCUT2D eigenvalue weighted by Crippen LogP contribution is -2.41. The summed E-state index contributed by atoms with van der Waals surface area (Å²) in [5.41, 5.74) is 3.07. The first-order valence-electron chi connectivity index (χ1n) is 9.09. The second-order valence-electron chi connectivity index (χ2n) is 8.16. The third kappa shape index (κ3) is 4.31. The number of aryl methyl sites for hydroxylation is 1. The molecule has 1 atom stereocenters. The van der Waals surface area contributed by atoms with Gasteiger partial charge < -0.3 is 4.90 Å². The topological polar surface area (TPSA) is 54.5 Å². The van der Waals surface area contributed by atoms with Gasteiger partial charge in [0.25, 0.3) is 5.91 Å². The van der Waals surface area contributed by atoms with Crippen LogP contribution in [0.4, 0.5) is 5.69 Å². The molecule has 0 fully saturated rings. The van der Waals surface area contributed by atoms with Crippen LogP contribution in [0, 0.1) is 6.92 Å². The lowest BCUT2D eigenvalue weighted by molar-refractivity contribution is 0.0983. The maximum Gasteiger partial charge on any atom is 0.258 e. The van der Waals surface area contributed by atoms with E-state index in [9.17, 15) is 13.2 Å². The van der Waals surface area contributed by atoms with Crippen LogP contribution in [0.5, 0.6) is 0 Å². The van der Waals surface area contributed by atoms with E-state index in [1.165, 1.54) is 10.3 Å². The van der Waals surface area contributed by atoms with E-state index in [0.717, 1.165) is 11.1 Å². The number of anilines is 1. The quantitative estimate of drug-likeness (QED) is 0.713. The maximum absolute atomic E-state index is 13.4. The van der Waals surface area contributed by atoms with Crippen molar-refractivity contribution in [2.45, 2.75) is 39.2 Å². The Balaban J connectivity index is 2.02. The monoisotopic (exact) mass is 417 g/mol. The zero-order valence-electron chi connectivity index (χ0n) is 16.4. The molecule has 0 saturated heterocycles. The fourth-order valence-corrected chi connectivity index (χ4v) is 4.61. The molecule has 1 aliphatic rings. The van der Waals surface area contributed by atoms with Gasteiger partial charge >= 0.3 is 0 Å². The van der Waals surface area contributed by atoms with Gasteiger partial charge in [0.05, 0.1) is 11.8 Å². The van der Waals surface area contributed by atoms with E-state index in [0.29, 0.717) is 16.3 Å². The number of sulfone groups is 1. The summed E-state index contributed by atoms with van der Waals surface area (Å²) in [6.07, 6.45) is 1.56. The SMILES string of the molecule is Cc1ccc(N(C(=O)c2ccc(C(C)(C)C)cc2)C2C=CS(=O)(=O)C2)cc1Cl. The van der Waals surface area contributed by atoms with E-state index in [4.69, 9.17) is 11.6 Å². The van der Waals surface area contributed by atoms with E-state index in [2.05, 4.69) is 20.8 Å². The Kier molecular flexibility index (Phi) is 5.43. The molecular weight excluding hydrogens is 394 g/mol. The number of halogens is 1. The number of nitrogens with zero attached hydrogens (tertiary/aromatic N) is 1. The second kappa shape index (κ2) is 7.37. The molecule has 0 radical (unpaired) electrons. The fraction of sp³-hybridized carbons (Fsp3) is 0.318. The first kappa shape index (κ1) is 20.6. The Morgan fingerprint density at radius 2 is 1.75 bits per heavy atom. The summed E-state index contributed by atoms with van der Waals surface area (Å²) in [7, 11) is -3.32. The van der Waals surface area contributed by atoms with E-state index >= 15 is 0 Å². The van der Waals surface area contributed by atoms with Crippen molar-refractivity contribution in [1.82, 2.24) is 0 Å². The summed E-state index contributed by atoms with van der Waals surface area (Å²) in [5.74, 6) is -0.392. The van der Waals surface area contributed by atoms with Gasteiger partial charge in [0.1, 0.15) is 0 Å². The number of hydrogen-bond donors (Lipinski definition) is 0. The molecule has 2 aromatic carbocycles. The molecule has 1 aliphatic heterocycles. The molecule has 1 amide bonds. The Morgan fingerprint density at radius 3 is 2.25 bits per heavy atom. The Labute approximate surface area is 171 Å². The lowest BCUT2D eigenvalue weighted by Gasteiger charge is -2.28. The highest BCUT2D eigenvalue weighted by atomic mass is 35.5. The predicted octanol–water partition coefficient (Wildman–Crippen LogP) is 4.90. The predicted molar refractivity (Wildman–Crippen MR) is 115 cm³/mol. The van der Waals surface area contributed by atoms with Crippen LogP contribution in [0.2, 0.25) is 5.02 Å². The highest BCUT2D eigenvalue weighted by molar-refractivity contribution is 7.94. The average molecular weight is 418 g/mol. The summed E-state index contributed by atoms with van der Waals surface area (Å²) < 4.78 is 23.9. The first-order valence-corrected chi connectivity index (χ1v) is 11.2. The molecule has 0 spiro atoms. The average Bonchev–Trinajstić information content (AvgIpc) is 2.97. The normalized spacial score (nSPS) is 18.2. The van der Waals surface area contributed by atoms with Gasteiger partial charge in [0.2, 0.25) is 0 Å². The number of rotatable bonds is 3. The van der Waals surface area contributed by atoms with E-state index in [1.54, 1.807) is 30.3 Å². The molecule has 28 heavy (non-hydrogen) atoms. The molecule has 6 heteroatoms. The number of carbonyl (C=O) groups is 1. The standard InChI is InChI=1S/C22H24ClNO3S/c1-15-5-10-18(13-20(15)23)24(19-11-12-28(26,27)14-19)21(25)16-6-8-17(9-7-16)22(2,3)4/h5-13,19H,14H2,1-4H3. The van der Waals surface area contributed by atoms with Crippen molar-refractivity contribution in [2.75, 3.05) is 10.7 Å². The fourth-order valence-electron chi connectivity index (χ4n) is 3.16. The molecule has 0 saturated carbocycles. The van der Waals surface area contributed by atoms with Crippen LogP contribution < -0.4 is 4.90 Å². The number of hydrogen-bond acceptors (Lipinski definition) is 3. The van der Waals surface area contributed by atoms with Crippen molar-refractivity contribution in [3.63, 3.8) is 0 Å². The smallest absolute Gasteiger partial charge is 0.258 e. The highest BCUT2D eigenvalue weighted by Gasteiger charge is 2.32. The minimum atomic E-state index is -3.32. The van der Waals surface area contributed by atoms with Crippen molar-refractivity contribution in [3.8, 4) is 0 Å². The van der Waals surface area contributed by atoms with Crippen LogP contribution in [0.3, 0.4) is 0 Å². The second-order valence-corrected chi connectivity index (χ2v) is 10.5. The summed E-state index contributed by atoms with van der Waals surface area (Å²) in [4.78, 5) is 14.9. The maximum atomic E-state index is 13.4. The van der Waals surface area contributed by atoms with Crippen LogP contribution in [0.25, 0.3) is 0 Å². The summed E-state index contributed by atoms with van der Waals surface area (Å²) in [6, 6.07) is 12.2. The first-order chi connectivity index (χ1) is 13.0. The zero-order chi connectivity index (χ0) is 20.7. The number of carbonyl (C=O) groups excluding carboxylic acids is 1. The number of benzene rings is 2. The van der Waals surface area contributed by atoms with E-state index < -0.39 is 15.9 Å². The molecule has 2 aromatic rings. The van der Waals surface area contributed by atoms with Gasteiger partial charge in [-0.05, 0) is 53.8 Å². The van der Waals surface area contributed by atoms with Crippen molar-refractivity contribution in [2.24, 2.45) is 0 Å². The minimum absolute atomic E-state index is 0.0198. The third-order valence-electron chi connectivity index (χ3n) is 4.89. The van der Waals surface area contributed by atoms with E-state index in [-0.39, 0.29) is 17.1 Å². The summed E-state index contributed by atoms with van der Waals surface area (Å²) >= 11 is 6.27. The van der Waals surface area contributed by atoms with Crippen LogP contribution >= 0.6 is 11.6 Å². The van der Waals surface area contributed by atoms with Crippen LogP contribution in [-0.2, 0) is 15.3 Å². The zero-order valence-corrected chi connectivity index (χ0v) is 18.0. The van der Waals surface area contributed by atoms with Crippen molar-refractivity contribution >= 4 is 33.0 Å². The molecule has 0 bridgehead atoms. The van der Waals surface area contributed by atoms with Crippen molar-refractivity contribution in [3.05, 3.63) is 75.7 Å². The minimum Gasteiger partial charge on any atom is -0.300 e. The Morgan fingerprint density at radius 1 is 1.11 bits per heavy atom. The van der Waals surface area contributed by atoms with Gasteiger partial charge in [-0.1, -0.05) is 50.6 Å².